The molecule has 0 atom stereocenters. The van der Waals surface area contributed by atoms with Gasteiger partial charge in [0.25, 0.3) is 0 Å². The molecule has 0 saturated carbocycles. The normalized spacial score (nSPS) is 11.1. The van der Waals surface area contributed by atoms with Crippen LogP contribution in [0.25, 0.3) is 33.4 Å². The fourth-order valence-corrected chi connectivity index (χ4v) is 2.55. The van der Waals surface area contributed by atoms with Gasteiger partial charge in [0.05, 0.1) is 23.7 Å². The van der Waals surface area contributed by atoms with E-state index in [1.807, 2.05) is 48.5 Å². The van der Waals surface area contributed by atoms with E-state index in [1.165, 1.54) is 0 Å². The van der Waals surface area contributed by atoms with E-state index in [9.17, 15) is 0 Å². The van der Waals surface area contributed by atoms with E-state index in [0.29, 0.717) is 22.7 Å². The summed E-state index contributed by atoms with van der Waals surface area (Å²) in [7, 11) is 1.58. The first-order valence-electron chi connectivity index (χ1n) is 6.87. The highest BCUT2D eigenvalue weighted by Gasteiger charge is 2.12. The van der Waals surface area contributed by atoms with Gasteiger partial charge in [-0.1, -0.05) is 24.3 Å². The van der Waals surface area contributed by atoms with Crippen LogP contribution in [0.1, 0.15) is 0 Å². The number of nitrogens with one attached hydrogen (secondary N) is 2. The summed E-state index contributed by atoms with van der Waals surface area (Å²) in [6, 6.07) is 15.3. The lowest BCUT2D eigenvalue weighted by atomic mass is 10.1. The summed E-state index contributed by atoms with van der Waals surface area (Å²) in [6.07, 6.45) is 0. The maximum absolute atomic E-state index is 8.15. The number of para-hydroxylation sites is 3. The minimum atomic E-state index is 0.0519. The highest BCUT2D eigenvalue weighted by atomic mass is 16.5. The molecule has 0 aliphatic carbocycles. The van der Waals surface area contributed by atoms with Crippen molar-refractivity contribution in [3.05, 3.63) is 54.1 Å². The van der Waals surface area contributed by atoms with Crippen LogP contribution < -0.4 is 10.3 Å². The maximum atomic E-state index is 8.15. The van der Waals surface area contributed by atoms with Crippen molar-refractivity contribution in [2.45, 2.75) is 0 Å². The van der Waals surface area contributed by atoms with Crippen molar-refractivity contribution in [2.24, 2.45) is 0 Å². The minimum absolute atomic E-state index is 0.0519. The van der Waals surface area contributed by atoms with Crippen molar-refractivity contribution in [3.8, 4) is 17.1 Å². The van der Waals surface area contributed by atoms with Gasteiger partial charge in [-0.3, -0.25) is 5.41 Å². The standard InChI is InChI=1S/C17H13N3O2/c1-21-14-8-4-5-10-9-11(16(18)22-15(10)14)17-19-12-6-2-3-7-13(12)20-17/h2-9,18H,1H3,(H,19,20). The van der Waals surface area contributed by atoms with Crippen LogP contribution in [0, 0.1) is 5.41 Å². The molecule has 0 spiro atoms. The van der Waals surface area contributed by atoms with Crippen molar-refractivity contribution < 1.29 is 9.15 Å². The molecule has 0 radical (unpaired) electrons. The molecule has 5 nitrogen and oxygen atoms in total. The van der Waals surface area contributed by atoms with E-state index >= 15 is 0 Å². The predicted octanol–water partition coefficient (Wildman–Crippen LogP) is 3.46. The van der Waals surface area contributed by atoms with E-state index in [0.717, 1.165) is 16.4 Å². The van der Waals surface area contributed by atoms with Crippen LogP contribution in [0.2, 0.25) is 0 Å². The average molecular weight is 291 g/mol. The van der Waals surface area contributed by atoms with Crippen molar-refractivity contribution in [2.75, 3.05) is 7.11 Å². The molecule has 0 aliphatic rings. The van der Waals surface area contributed by atoms with Crippen molar-refractivity contribution >= 4 is 22.0 Å². The number of imidazole rings is 1. The Morgan fingerprint density at radius 2 is 2.00 bits per heavy atom. The second-order valence-corrected chi connectivity index (χ2v) is 4.97. The highest BCUT2D eigenvalue weighted by molar-refractivity contribution is 5.86. The summed E-state index contributed by atoms with van der Waals surface area (Å²) < 4.78 is 10.9. The minimum Gasteiger partial charge on any atom is -0.493 e. The van der Waals surface area contributed by atoms with Crippen molar-refractivity contribution in [1.29, 1.82) is 5.41 Å². The first-order chi connectivity index (χ1) is 10.8. The fourth-order valence-electron chi connectivity index (χ4n) is 2.55. The predicted molar refractivity (Wildman–Crippen MR) is 83.7 cm³/mol. The summed E-state index contributed by atoms with van der Waals surface area (Å²) in [4.78, 5) is 7.75. The number of benzene rings is 2. The summed E-state index contributed by atoms with van der Waals surface area (Å²) in [6.45, 7) is 0. The van der Waals surface area contributed by atoms with Crippen LogP contribution in [-0.2, 0) is 0 Å². The summed E-state index contributed by atoms with van der Waals surface area (Å²) in [5, 5.41) is 9.02. The Morgan fingerprint density at radius 1 is 1.14 bits per heavy atom. The van der Waals surface area contributed by atoms with Gasteiger partial charge in [0.15, 0.2) is 11.3 Å². The van der Waals surface area contributed by atoms with Crippen molar-refractivity contribution in [3.63, 3.8) is 0 Å². The Balaban J connectivity index is 1.98. The van der Waals surface area contributed by atoms with Gasteiger partial charge in [-0.25, -0.2) is 4.98 Å². The SMILES string of the molecule is COc1cccc2cc(-c3nc4ccccc4[nH]3)c(=N)oc12. The Hall–Kier alpha value is -3.08. The van der Waals surface area contributed by atoms with E-state index in [4.69, 9.17) is 14.6 Å². The molecule has 4 aromatic rings. The third-order valence-corrected chi connectivity index (χ3v) is 3.62. The van der Waals surface area contributed by atoms with Crippen LogP contribution in [0.4, 0.5) is 0 Å². The maximum Gasteiger partial charge on any atom is 0.223 e. The van der Waals surface area contributed by atoms with Crippen LogP contribution in [0.15, 0.2) is 52.9 Å². The Bertz CT molecular complexity index is 1010. The van der Waals surface area contributed by atoms with Crippen LogP contribution in [-0.4, -0.2) is 17.1 Å². The topological polar surface area (TPSA) is 74.9 Å². The zero-order chi connectivity index (χ0) is 15.1. The Kier molecular flexibility index (Phi) is 2.72. The Labute approximate surface area is 125 Å². The number of hydrogen-bond acceptors (Lipinski definition) is 4. The molecular weight excluding hydrogens is 278 g/mol. The molecule has 0 amide bonds. The van der Waals surface area contributed by atoms with Crippen LogP contribution in [0.5, 0.6) is 5.75 Å². The molecule has 2 aromatic heterocycles. The van der Waals surface area contributed by atoms with E-state index < -0.39 is 0 Å². The number of hydrogen-bond donors (Lipinski definition) is 2. The van der Waals surface area contributed by atoms with E-state index in [2.05, 4.69) is 9.97 Å². The molecular formula is C17H13N3O2. The number of aromatic nitrogens is 2. The summed E-state index contributed by atoms with van der Waals surface area (Å²) >= 11 is 0. The van der Waals surface area contributed by atoms with Gasteiger partial charge < -0.3 is 14.1 Å². The Morgan fingerprint density at radius 3 is 2.82 bits per heavy atom. The number of fused-ring (bicyclic) bond motifs is 2. The zero-order valence-corrected chi connectivity index (χ0v) is 11.9. The smallest absolute Gasteiger partial charge is 0.223 e. The van der Waals surface area contributed by atoms with Crippen molar-refractivity contribution in [1.82, 2.24) is 9.97 Å². The summed E-state index contributed by atoms with van der Waals surface area (Å²) in [5.41, 5.74) is 3.04. The van der Waals surface area contributed by atoms with Crippen LogP contribution >= 0.6 is 0 Å². The monoisotopic (exact) mass is 291 g/mol. The molecule has 0 unspecified atom stereocenters. The summed E-state index contributed by atoms with van der Waals surface area (Å²) in [5.74, 6) is 1.24. The molecule has 0 saturated heterocycles. The third-order valence-electron chi connectivity index (χ3n) is 3.62. The van der Waals surface area contributed by atoms with E-state index in [-0.39, 0.29) is 5.55 Å². The molecule has 5 heteroatoms. The van der Waals surface area contributed by atoms with Gasteiger partial charge in [0, 0.05) is 5.39 Å². The van der Waals surface area contributed by atoms with Gasteiger partial charge in [-0.15, -0.1) is 0 Å². The number of H-pyrrole nitrogens is 1. The quantitative estimate of drug-likeness (QED) is 0.594. The fraction of sp³-hybridized carbons (Fsp3) is 0.0588. The highest BCUT2D eigenvalue weighted by Crippen LogP contribution is 2.27. The lowest BCUT2D eigenvalue weighted by Gasteiger charge is -2.05. The van der Waals surface area contributed by atoms with Gasteiger partial charge in [0.2, 0.25) is 5.55 Å². The molecule has 2 N–H and O–H groups in total. The molecule has 0 bridgehead atoms. The van der Waals surface area contributed by atoms with Gasteiger partial charge >= 0.3 is 0 Å². The second kappa shape index (κ2) is 4.73. The zero-order valence-electron chi connectivity index (χ0n) is 11.9. The molecule has 108 valence electrons. The van der Waals surface area contributed by atoms with E-state index in [1.54, 1.807) is 7.11 Å². The van der Waals surface area contributed by atoms with Gasteiger partial charge in [0.1, 0.15) is 5.82 Å². The lowest BCUT2D eigenvalue weighted by Crippen LogP contribution is -2.04. The second-order valence-electron chi connectivity index (χ2n) is 4.97. The molecule has 2 aromatic carbocycles. The third kappa shape index (κ3) is 1.87. The number of ether oxygens (including phenoxy) is 1. The van der Waals surface area contributed by atoms with Gasteiger partial charge in [-0.05, 0) is 24.3 Å². The van der Waals surface area contributed by atoms with Gasteiger partial charge in [-0.2, -0.15) is 0 Å². The number of nitrogens with zero attached hydrogens (tertiary/aromatic N) is 1. The lowest BCUT2D eigenvalue weighted by molar-refractivity contribution is 0.405. The number of aromatic amines is 1. The molecule has 2 heterocycles. The number of rotatable bonds is 2. The molecule has 4 rings (SSSR count). The first-order valence-corrected chi connectivity index (χ1v) is 6.87. The molecule has 0 aliphatic heterocycles. The largest absolute Gasteiger partial charge is 0.493 e. The molecule has 0 fully saturated rings. The first kappa shape index (κ1) is 12.6. The average Bonchev–Trinajstić information content (AvgIpc) is 2.97. The van der Waals surface area contributed by atoms with Crippen LogP contribution in [0.3, 0.4) is 0 Å². The molecule has 22 heavy (non-hydrogen) atoms. The number of methoxy groups -OCH3 is 1.